The highest BCUT2D eigenvalue weighted by Crippen LogP contribution is 2.23. The summed E-state index contributed by atoms with van der Waals surface area (Å²) in [6, 6.07) is 21.2. The molecule has 0 aromatic heterocycles. The summed E-state index contributed by atoms with van der Waals surface area (Å²) in [7, 11) is 1.61. The van der Waals surface area contributed by atoms with E-state index in [9.17, 15) is 9.59 Å². The summed E-state index contributed by atoms with van der Waals surface area (Å²) in [5.74, 6) is 0.0850. The Morgan fingerprint density at radius 3 is 2.45 bits per heavy atom. The summed E-state index contributed by atoms with van der Waals surface area (Å²) < 4.78 is 6.04. The van der Waals surface area contributed by atoms with Crippen molar-refractivity contribution in [1.82, 2.24) is 15.2 Å². The second-order valence-electron chi connectivity index (χ2n) is 10.9. The number of likely N-dealkylation sites (tertiary alicyclic amines) is 2. The number of hydrazone groups is 1. The number of rotatable bonds is 9. The Bertz CT molecular complexity index is 1400. The van der Waals surface area contributed by atoms with Gasteiger partial charge < -0.3 is 15.0 Å². The zero-order chi connectivity index (χ0) is 29.3. The van der Waals surface area contributed by atoms with E-state index in [0.717, 1.165) is 40.1 Å². The Hall–Kier alpha value is -3.28. The van der Waals surface area contributed by atoms with Gasteiger partial charge in [0.1, 0.15) is 5.75 Å². The molecule has 0 atom stereocenters. The third kappa shape index (κ3) is 8.17. The highest BCUT2D eigenvalue weighted by atomic mass is 127. The van der Waals surface area contributed by atoms with Crippen LogP contribution in [0.25, 0.3) is 0 Å². The van der Waals surface area contributed by atoms with E-state index in [4.69, 9.17) is 4.74 Å². The molecule has 0 saturated carbocycles. The lowest BCUT2D eigenvalue weighted by atomic mass is 9.99. The Balaban J connectivity index is 1.18. The maximum atomic E-state index is 13.3. The molecule has 0 unspecified atom stereocenters. The van der Waals surface area contributed by atoms with E-state index in [-0.39, 0.29) is 5.91 Å². The smallest absolute Gasteiger partial charge is 0.273 e. The lowest BCUT2D eigenvalue weighted by molar-refractivity contribution is 0.0896. The lowest BCUT2D eigenvalue weighted by Crippen LogP contribution is -2.46. The van der Waals surface area contributed by atoms with Crippen molar-refractivity contribution in [3.63, 3.8) is 0 Å². The number of hydrogen-bond donors (Lipinski definition) is 2. The maximum Gasteiger partial charge on any atom is 0.273 e. The van der Waals surface area contributed by atoms with Gasteiger partial charge in [-0.2, -0.15) is 5.10 Å². The molecule has 2 saturated heterocycles. The number of nitrogens with one attached hydrogen (secondary N) is 2. The summed E-state index contributed by atoms with van der Waals surface area (Å²) in [6.45, 7) is 5.50. The molecule has 220 valence electrons. The molecule has 0 bridgehead atoms. The largest absolute Gasteiger partial charge is 0.497 e. The van der Waals surface area contributed by atoms with Crippen molar-refractivity contribution in [2.45, 2.75) is 44.7 Å². The maximum absolute atomic E-state index is 13.3. The number of ether oxygens (including phenoxy) is 1. The van der Waals surface area contributed by atoms with Gasteiger partial charge in [-0.1, -0.05) is 18.6 Å². The number of methoxy groups -OCH3 is 1. The molecule has 2 amide bonds. The second kappa shape index (κ2) is 14.8. The number of halogens is 1. The second-order valence-corrected chi connectivity index (χ2v) is 12.2. The summed E-state index contributed by atoms with van der Waals surface area (Å²) in [6.07, 6.45) is 8.02. The fourth-order valence-electron chi connectivity index (χ4n) is 5.72. The van der Waals surface area contributed by atoms with Gasteiger partial charge in [-0.25, -0.2) is 5.43 Å². The number of amides is 2. The standard InChI is InChI=1S/C33H38IN5O3/c1-42-29-11-8-24(9-12-29)22-35-37-33(41)30-21-27(34)10-13-31(30)36-32(40)26-7-5-6-25(20-26)23-38-18-14-28(15-19-38)39-16-3-2-4-17-39/h5-13,20-22,28H,2-4,14-19,23H2,1H3,(H,36,40)(H,37,41)/b35-22+. The number of benzene rings is 3. The zero-order valence-electron chi connectivity index (χ0n) is 24.0. The first-order valence-electron chi connectivity index (χ1n) is 14.6. The fourth-order valence-corrected chi connectivity index (χ4v) is 6.21. The van der Waals surface area contributed by atoms with Crippen LogP contribution < -0.4 is 15.5 Å². The van der Waals surface area contributed by atoms with Crippen LogP contribution in [0.15, 0.2) is 71.8 Å². The summed E-state index contributed by atoms with van der Waals surface area (Å²) in [5.41, 5.74) is 5.85. The molecule has 0 spiro atoms. The van der Waals surface area contributed by atoms with Crippen molar-refractivity contribution in [2.75, 3.05) is 38.6 Å². The Morgan fingerprint density at radius 1 is 0.952 bits per heavy atom. The fraction of sp³-hybridized carbons (Fsp3) is 0.364. The minimum Gasteiger partial charge on any atom is -0.497 e. The van der Waals surface area contributed by atoms with Crippen LogP contribution in [0.3, 0.4) is 0 Å². The highest BCUT2D eigenvalue weighted by Gasteiger charge is 2.25. The van der Waals surface area contributed by atoms with Gasteiger partial charge >= 0.3 is 0 Å². The normalized spacial score (nSPS) is 16.8. The van der Waals surface area contributed by atoms with E-state index < -0.39 is 5.91 Å². The number of hydrogen-bond acceptors (Lipinski definition) is 6. The SMILES string of the molecule is COc1ccc(/C=N/NC(=O)c2cc(I)ccc2NC(=O)c2cccc(CN3CCC(N4CCCCC4)CC3)c2)cc1. The molecule has 0 aliphatic carbocycles. The van der Waals surface area contributed by atoms with Gasteiger partial charge in [0.2, 0.25) is 0 Å². The average molecular weight is 680 g/mol. The summed E-state index contributed by atoms with van der Waals surface area (Å²) >= 11 is 2.15. The molecule has 2 aliphatic heterocycles. The van der Waals surface area contributed by atoms with Gasteiger partial charge in [-0.05, 0) is 140 Å². The van der Waals surface area contributed by atoms with Gasteiger partial charge in [0, 0.05) is 21.7 Å². The van der Waals surface area contributed by atoms with Gasteiger partial charge in [-0.15, -0.1) is 0 Å². The Morgan fingerprint density at radius 2 is 1.71 bits per heavy atom. The number of anilines is 1. The van der Waals surface area contributed by atoms with E-state index in [1.165, 1.54) is 45.2 Å². The van der Waals surface area contributed by atoms with E-state index in [1.807, 2.05) is 48.5 Å². The van der Waals surface area contributed by atoms with Crippen molar-refractivity contribution >= 4 is 46.3 Å². The predicted molar refractivity (Wildman–Crippen MR) is 175 cm³/mol. The van der Waals surface area contributed by atoms with E-state index in [0.29, 0.717) is 22.9 Å². The molecule has 2 fully saturated rings. The van der Waals surface area contributed by atoms with Crippen LogP contribution in [-0.4, -0.2) is 67.2 Å². The molecular formula is C33H38IN5O3. The van der Waals surface area contributed by atoms with Crippen LogP contribution in [-0.2, 0) is 6.54 Å². The topological polar surface area (TPSA) is 86.3 Å². The molecule has 2 heterocycles. The minimum absolute atomic E-state index is 0.252. The number of piperidine rings is 2. The van der Waals surface area contributed by atoms with Gasteiger partial charge in [-0.3, -0.25) is 14.5 Å². The highest BCUT2D eigenvalue weighted by molar-refractivity contribution is 14.1. The van der Waals surface area contributed by atoms with Crippen molar-refractivity contribution in [3.05, 3.63) is 92.6 Å². The number of nitrogens with zero attached hydrogens (tertiary/aromatic N) is 3. The van der Waals surface area contributed by atoms with Crippen molar-refractivity contribution in [3.8, 4) is 5.75 Å². The monoisotopic (exact) mass is 679 g/mol. The van der Waals surface area contributed by atoms with Gasteiger partial charge in [0.25, 0.3) is 11.8 Å². The minimum atomic E-state index is -0.407. The predicted octanol–water partition coefficient (Wildman–Crippen LogP) is 5.77. The van der Waals surface area contributed by atoms with Crippen molar-refractivity contribution < 1.29 is 14.3 Å². The van der Waals surface area contributed by atoms with Crippen molar-refractivity contribution in [1.29, 1.82) is 0 Å². The molecule has 42 heavy (non-hydrogen) atoms. The lowest BCUT2D eigenvalue weighted by Gasteiger charge is -2.40. The van der Waals surface area contributed by atoms with Crippen LogP contribution in [0.4, 0.5) is 5.69 Å². The van der Waals surface area contributed by atoms with Crippen molar-refractivity contribution in [2.24, 2.45) is 5.10 Å². The first-order chi connectivity index (χ1) is 20.5. The van der Waals surface area contributed by atoms with Crippen LogP contribution in [0.1, 0.15) is 63.9 Å². The zero-order valence-corrected chi connectivity index (χ0v) is 26.2. The van der Waals surface area contributed by atoms with E-state index in [1.54, 1.807) is 25.5 Å². The van der Waals surface area contributed by atoms with Crippen LogP contribution in [0.2, 0.25) is 0 Å². The third-order valence-electron chi connectivity index (χ3n) is 8.03. The molecule has 8 nitrogen and oxygen atoms in total. The molecule has 5 rings (SSSR count). The Kier molecular flexibility index (Phi) is 10.6. The Labute approximate surface area is 261 Å². The first kappa shape index (κ1) is 30.2. The van der Waals surface area contributed by atoms with E-state index in [2.05, 4.69) is 54.3 Å². The molecule has 9 heteroatoms. The van der Waals surface area contributed by atoms with Gasteiger partial charge in [0.15, 0.2) is 0 Å². The molecule has 0 radical (unpaired) electrons. The van der Waals surface area contributed by atoms with Crippen LogP contribution in [0, 0.1) is 3.57 Å². The molecule has 2 N–H and O–H groups in total. The number of carbonyl (C=O) groups excluding carboxylic acids is 2. The third-order valence-corrected chi connectivity index (χ3v) is 8.70. The quantitative estimate of drug-likeness (QED) is 0.171. The first-order valence-corrected chi connectivity index (χ1v) is 15.7. The van der Waals surface area contributed by atoms with Crippen LogP contribution >= 0.6 is 22.6 Å². The summed E-state index contributed by atoms with van der Waals surface area (Å²) in [5, 5.41) is 7.03. The molecule has 2 aliphatic rings. The molecule has 3 aromatic carbocycles. The van der Waals surface area contributed by atoms with Crippen LogP contribution in [0.5, 0.6) is 5.75 Å². The molecule has 3 aromatic rings. The number of carbonyl (C=O) groups is 2. The average Bonchev–Trinajstić information content (AvgIpc) is 3.03. The van der Waals surface area contributed by atoms with Gasteiger partial charge in [0.05, 0.1) is 24.6 Å². The van der Waals surface area contributed by atoms with E-state index >= 15 is 0 Å². The summed E-state index contributed by atoms with van der Waals surface area (Å²) in [4.78, 5) is 31.5. The molecular weight excluding hydrogens is 641 g/mol.